The number of carbonyl (C=O) groups is 1. The average molecular weight is 763 g/mol. The van der Waals surface area contributed by atoms with Gasteiger partial charge in [0.05, 0.1) is 21.8 Å². The van der Waals surface area contributed by atoms with Crippen molar-refractivity contribution in [2.24, 2.45) is 5.41 Å². The van der Waals surface area contributed by atoms with Gasteiger partial charge in [0.25, 0.3) is 10.0 Å². The number of hydrogen-bond acceptors (Lipinski definition) is 9. The van der Waals surface area contributed by atoms with Crippen LogP contribution in [0.4, 0.5) is 5.95 Å². The maximum absolute atomic E-state index is 14.0. The number of pyridine rings is 1. The third-order valence-electron chi connectivity index (χ3n) is 7.22. The number of carboxylic acid groups (broad SMARTS) is 1. The Morgan fingerprint density at radius 1 is 1.04 bits per heavy atom. The maximum Gasteiger partial charge on any atom is 0.335 e. The van der Waals surface area contributed by atoms with Gasteiger partial charge in [-0.05, 0) is 83.1 Å². The van der Waals surface area contributed by atoms with Gasteiger partial charge in [0.2, 0.25) is 11.8 Å². The number of hydrogen-bond donors (Lipinski definition) is 2. The highest BCUT2D eigenvalue weighted by Gasteiger charge is 2.30. The number of benzene rings is 2. The Hall–Kier alpha value is -3.62. The number of sulfonamides is 1. The van der Waals surface area contributed by atoms with Crippen molar-refractivity contribution in [2.75, 3.05) is 24.8 Å². The molecule has 0 aliphatic rings. The minimum absolute atomic E-state index is 0. The summed E-state index contributed by atoms with van der Waals surface area (Å²) in [6.45, 7) is 10.7. The van der Waals surface area contributed by atoms with Crippen LogP contribution in [0.25, 0.3) is 11.3 Å². The predicted molar refractivity (Wildman–Crippen MR) is 191 cm³/mol. The minimum atomic E-state index is -4.36. The lowest BCUT2D eigenvalue weighted by molar-refractivity contribution is 0.0696. The van der Waals surface area contributed by atoms with E-state index < -0.39 is 22.7 Å². The summed E-state index contributed by atoms with van der Waals surface area (Å²) in [6, 6.07) is 16.4. The minimum Gasteiger partial charge on any atom is -0.478 e. The SMILES string of the molecule is COCN(c1nc(OC[C@@H](CC(C)(C)C)NCc2ccc(Br)cn2)cc(-c2c(C)cccc2C)n1)S(=O)(=O)c1cccc(C(=O)O)c1.Cl. The molecule has 0 unspecified atom stereocenters. The molecule has 0 fully saturated rings. The molecule has 258 valence electrons. The van der Waals surface area contributed by atoms with E-state index in [0.29, 0.717) is 12.2 Å². The van der Waals surface area contributed by atoms with Gasteiger partial charge < -0.3 is 19.9 Å². The first-order valence-electron chi connectivity index (χ1n) is 15.0. The smallest absolute Gasteiger partial charge is 0.335 e. The molecule has 48 heavy (non-hydrogen) atoms. The fourth-order valence-electron chi connectivity index (χ4n) is 5.09. The van der Waals surface area contributed by atoms with Crippen LogP contribution in [0.1, 0.15) is 54.4 Å². The Bertz CT molecular complexity index is 1800. The van der Waals surface area contributed by atoms with E-state index in [1.807, 2.05) is 44.2 Å². The molecule has 0 aliphatic heterocycles. The number of aromatic carboxylic acids is 1. The van der Waals surface area contributed by atoms with Gasteiger partial charge in [0, 0.05) is 42.0 Å². The second-order valence-electron chi connectivity index (χ2n) is 12.4. The number of aromatic nitrogens is 3. The molecule has 0 bridgehead atoms. The van der Waals surface area contributed by atoms with Crippen molar-refractivity contribution in [3.05, 3.63) is 93.7 Å². The first kappa shape index (κ1) is 38.8. The number of halogens is 2. The monoisotopic (exact) mass is 761 g/mol. The van der Waals surface area contributed by atoms with Gasteiger partial charge in [0.1, 0.15) is 13.3 Å². The van der Waals surface area contributed by atoms with Gasteiger partial charge >= 0.3 is 5.97 Å². The lowest BCUT2D eigenvalue weighted by Gasteiger charge is -2.27. The van der Waals surface area contributed by atoms with Crippen LogP contribution in [-0.2, 0) is 21.3 Å². The molecule has 1 atom stereocenters. The van der Waals surface area contributed by atoms with Gasteiger partial charge in [0.15, 0.2) is 0 Å². The summed E-state index contributed by atoms with van der Waals surface area (Å²) in [6.07, 6.45) is 2.52. The number of nitrogens with one attached hydrogen (secondary N) is 1. The number of methoxy groups -OCH3 is 1. The quantitative estimate of drug-likeness (QED) is 0.132. The highest BCUT2D eigenvalue weighted by atomic mass is 79.9. The molecule has 0 radical (unpaired) electrons. The molecule has 14 heteroatoms. The van der Waals surface area contributed by atoms with E-state index in [9.17, 15) is 18.3 Å². The van der Waals surface area contributed by atoms with Crippen LogP contribution in [0.15, 0.2) is 76.2 Å². The lowest BCUT2D eigenvalue weighted by Crippen LogP contribution is -2.38. The van der Waals surface area contributed by atoms with Crippen molar-refractivity contribution < 1.29 is 27.8 Å². The van der Waals surface area contributed by atoms with Crippen LogP contribution in [0.3, 0.4) is 0 Å². The van der Waals surface area contributed by atoms with Crippen molar-refractivity contribution in [3.8, 4) is 17.1 Å². The molecule has 2 aromatic carbocycles. The molecule has 2 aromatic heterocycles. The molecule has 0 saturated carbocycles. The van der Waals surface area contributed by atoms with E-state index in [-0.39, 0.29) is 52.8 Å². The standard InChI is InChI=1S/C34H40BrN5O6S.ClH/c1-22-9-7-10-23(2)31(22)29-16-30(46-20-27(17-34(3,4)5)37-19-26-14-13-25(35)18-36-26)39-33(38-29)40(21-45-6)47(43,44)28-12-8-11-24(15-28)32(41)42;/h7-16,18,27,37H,17,19-21H2,1-6H3,(H,41,42);1H/t27-;/m1./s1. The van der Waals surface area contributed by atoms with Crippen molar-refractivity contribution >= 4 is 50.3 Å². The molecule has 0 aliphatic carbocycles. The molecule has 0 spiro atoms. The molecule has 4 aromatic rings. The summed E-state index contributed by atoms with van der Waals surface area (Å²) < 4.78 is 41.4. The first-order chi connectivity index (χ1) is 22.2. The van der Waals surface area contributed by atoms with Crippen LogP contribution in [-0.4, -0.2) is 60.9 Å². The van der Waals surface area contributed by atoms with E-state index in [4.69, 9.17) is 14.5 Å². The summed E-state index contributed by atoms with van der Waals surface area (Å²) in [7, 11) is -3.01. The third-order valence-corrected chi connectivity index (χ3v) is 9.39. The third kappa shape index (κ3) is 10.2. The largest absolute Gasteiger partial charge is 0.478 e. The maximum atomic E-state index is 14.0. The Labute approximate surface area is 296 Å². The van der Waals surface area contributed by atoms with Crippen LogP contribution in [0.2, 0.25) is 0 Å². The lowest BCUT2D eigenvalue weighted by atomic mass is 9.88. The molecular weight excluding hydrogens is 722 g/mol. The van der Waals surface area contributed by atoms with Gasteiger partial charge in [-0.1, -0.05) is 45.0 Å². The number of rotatable bonds is 14. The van der Waals surface area contributed by atoms with E-state index >= 15 is 0 Å². The Morgan fingerprint density at radius 2 is 1.73 bits per heavy atom. The van der Waals surface area contributed by atoms with Crippen molar-refractivity contribution in [2.45, 2.75) is 58.5 Å². The summed E-state index contributed by atoms with van der Waals surface area (Å²) in [5.74, 6) is -1.26. The number of ether oxygens (including phenoxy) is 2. The van der Waals surface area contributed by atoms with Gasteiger partial charge in [-0.25, -0.2) is 22.5 Å². The molecule has 11 nitrogen and oxygen atoms in total. The van der Waals surface area contributed by atoms with E-state index in [1.54, 1.807) is 12.3 Å². The molecule has 0 saturated heterocycles. The average Bonchev–Trinajstić information content (AvgIpc) is 3.01. The van der Waals surface area contributed by atoms with Crippen molar-refractivity contribution in [1.82, 2.24) is 20.3 Å². The number of aryl methyl sites for hydroxylation is 2. The fourth-order valence-corrected chi connectivity index (χ4v) is 6.64. The van der Waals surface area contributed by atoms with Gasteiger partial charge in [-0.3, -0.25) is 4.98 Å². The molecular formula is C34H41BrClN5O6S. The highest BCUT2D eigenvalue weighted by molar-refractivity contribution is 9.10. The number of carboxylic acids is 1. The number of nitrogens with zero attached hydrogens (tertiary/aromatic N) is 4. The van der Waals surface area contributed by atoms with Gasteiger partial charge in [-0.15, -0.1) is 12.4 Å². The Balaban J connectivity index is 0.00000625. The highest BCUT2D eigenvalue weighted by Crippen LogP contribution is 2.32. The molecule has 4 rings (SSSR count). The first-order valence-corrected chi connectivity index (χ1v) is 17.2. The molecule has 2 N–H and O–H groups in total. The fraction of sp³-hybridized carbons (Fsp3) is 0.353. The van der Waals surface area contributed by atoms with Crippen molar-refractivity contribution in [1.29, 1.82) is 0 Å². The van der Waals surface area contributed by atoms with E-state index in [1.165, 1.54) is 25.3 Å². The van der Waals surface area contributed by atoms with Crippen molar-refractivity contribution in [3.63, 3.8) is 0 Å². The second-order valence-corrected chi connectivity index (χ2v) is 15.2. The summed E-state index contributed by atoms with van der Waals surface area (Å²) in [5, 5.41) is 13.0. The zero-order valence-corrected chi connectivity index (χ0v) is 30.9. The molecule has 0 amide bonds. The normalized spacial score (nSPS) is 12.2. The topological polar surface area (TPSA) is 144 Å². The van der Waals surface area contributed by atoms with E-state index in [0.717, 1.165) is 43.6 Å². The Kier molecular flexibility index (Phi) is 13.5. The number of anilines is 1. The van der Waals surface area contributed by atoms with E-state index in [2.05, 4.69) is 52.0 Å². The van der Waals surface area contributed by atoms with Crippen LogP contribution in [0, 0.1) is 19.3 Å². The summed E-state index contributed by atoms with van der Waals surface area (Å²) in [5.41, 5.74) is 3.83. The Morgan fingerprint density at radius 3 is 2.33 bits per heavy atom. The molecule has 2 heterocycles. The van der Waals surface area contributed by atoms with Crippen LogP contribution < -0.4 is 14.4 Å². The van der Waals surface area contributed by atoms with Crippen LogP contribution in [0.5, 0.6) is 5.88 Å². The van der Waals surface area contributed by atoms with Crippen LogP contribution >= 0.6 is 28.3 Å². The zero-order chi connectivity index (χ0) is 34.4. The predicted octanol–water partition coefficient (Wildman–Crippen LogP) is 6.81. The summed E-state index contributed by atoms with van der Waals surface area (Å²) >= 11 is 3.42. The summed E-state index contributed by atoms with van der Waals surface area (Å²) in [4.78, 5) is 25.1. The zero-order valence-electron chi connectivity index (χ0n) is 27.7. The second kappa shape index (κ2) is 16.7. The van der Waals surface area contributed by atoms with Gasteiger partial charge in [-0.2, -0.15) is 4.98 Å².